The van der Waals surface area contributed by atoms with Crippen molar-refractivity contribution in [2.75, 3.05) is 19.5 Å². The van der Waals surface area contributed by atoms with Crippen molar-refractivity contribution in [2.45, 2.75) is 6.61 Å². The summed E-state index contributed by atoms with van der Waals surface area (Å²) in [5.41, 5.74) is 2.15. The average molecular weight is 272 g/mol. The number of carbonyl (C=O) groups is 1. The molecular weight excluding hydrogens is 256 g/mol. The van der Waals surface area contributed by atoms with Gasteiger partial charge in [0.05, 0.1) is 25.6 Å². The normalized spacial score (nSPS) is 10.1. The molecule has 0 fully saturated rings. The Morgan fingerprint density at radius 1 is 1.25 bits per heavy atom. The lowest BCUT2D eigenvalue weighted by atomic mass is 10.1. The molecule has 0 aliphatic carbocycles. The molecule has 5 nitrogen and oxygen atoms in total. The molecule has 0 aliphatic rings. The second-order valence-electron chi connectivity index (χ2n) is 4.18. The molecule has 0 aliphatic heterocycles. The van der Waals surface area contributed by atoms with E-state index >= 15 is 0 Å². The zero-order valence-electron chi connectivity index (χ0n) is 11.4. The lowest BCUT2D eigenvalue weighted by molar-refractivity contribution is 0.102. The van der Waals surface area contributed by atoms with Crippen molar-refractivity contribution in [1.29, 1.82) is 0 Å². The number of hydrogen-bond donors (Lipinski definition) is 1. The van der Waals surface area contributed by atoms with Gasteiger partial charge in [-0.1, -0.05) is 12.1 Å². The molecule has 1 aromatic heterocycles. The Bertz CT molecular complexity index is 582. The number of methoxy groups -OCH3 is 2. The van der Waals surface area contributed by atoms with Crippen LogP contribution in [0.25, 0.3) is 0 Å². The highest BCUT2D eigenvalue weighted by molar-refractivity contribution is 6.04. The molecule has 20 heavy (non-hydrogen) atoms. The summed E-state index contributed by atoms with van der Waals surface area (Å²) in [5, 5.41) is 2.78. The molecule has 5 heteroatoms. The van der Waals surface area contributed by atoms with Crippen LogP contribution in [-0.4, -0.2) is 25.1 Å². The number of anilines is 1. The van der Waals surface area contributed by atoms with Crippen LogP contribution in [0, 0.1) is 0 Å². The zero-order chi connectivity index (χ0) is 14.4. The fourth-order valence-corrected chi connectivity index (χ4v) is 1.75. The summed E-state index contributed by atoms with van der Waals surface area (Å²) in [4.78, 5) is 16.1. The fourth-order valence-electron chi connectivity index (χ4n) is 1.75. The van der Waals surface area contributed by atoms with Gasteiger partial charge in [0.25, 0.3) is 5.91 Å². The van der Waals surface area contributed by atoms with E-state index in [0.717, 1.165) is 5.56 Å². The Labute approximate surface area is 117 Å². The van der Waals surface area contributed by atoms with E-state index in [2.05, 4.69) is 10.3 Å². The number of amides is 1. The van der Waals surface area contributed by atoms with E-state index in [1.54, 1.807) is 44.7 Å². The summed E-state index contributed by atoms with van der Waals surface area (Å²) in [5.74, 6) is 0.319. The molecule has 0 radical (unpaired) electrons. The van der Waals surface area contributed by atoms with Gasteiger partial charge in [-0.3, -0.25) is 4.79 Å². The van der Waals surface area contributed by atoms with Gasteiger partial charge in [0.2, 0.25) is 5.88 Å². The van der Waals surface area contributed by atoms with Gasteiger partial charge in [0.15, 0.2) is 0 Å². The molecule has 0 unspecified atom stereocenters. The van der Waals surface area contributed by atoms with E-state index in [1.807, 2.05) is 12.1 Å². The number of ether oxygens (including phenoxy) is 2. The van der Waals surface area contributed by atoms with Crippen molar-refractivity contribution in [1.82, 2.24) is 4.98 Å². The summed E-state index contributed by atoms with van der Waals surface area (Å²) in [6, 6.07) is 10.7. The topological polar surface area (TPSA) is 60.5 Å². The molecule has 0 saturated carbocycles. The quantitative estimate of drug-likeness (QED) is 0.908. The van der Waals surface area contributed by atoms with Gasteiger partial charge in [-0.25, -0.2) is 4.98 Å². The van der Waals surface area contributed by atoms with Crippen LogP contribution >= 0.6 is 0 Å². The first kappa shape index (κ1) is 14.0. The average Bonchev–Trinajstić information content (AvgIpc) is 2.48. The van der Waals surface area contributed by atoms with E-state index < -0.39 is 0 Å². The Kier molecular flexibility index (Phi) is 4.68. The highest BCUT2D eigenvalue weighted by Gasteiger charge is 2.07. The number of hydrogen-bond acceptors (Lipinski definition) is 4. The second-order valence-corrected chi connectivity index (χ2v) is 4.18. The number of aromatic nitrogens is 1. The predicted octanol–water partition coefficient (Wildman–Crippen LogP) is 2.49. The van der Waals surface area contributed by atoms with E-state index in [9.17, 15) is 4.79 Å². The summed E-state index contributed by atoms with van der Waals surface area (Å²) >= 11 is 0. The summed E-state index contributed by atoms with van der Waals surface area (Å²) in [7, 11) is 3.16. The maximum Gasteiger partial charge on any atom is 0.255 e. The number of nitrogens with one attached hydrogen (secondary N) is 1. The van der Waals surface area contributed by atoms with Gasteiger partial charge in [0, 0.05) is 18.7 Å². The van der Waals surface area contributed by atoms with Crippen LogP contribution in [0.4, 0.5) is 5.69 Å². The summed E-state index contributed by atoms with van der Waals surface area (Å²) in [6.07, 6.45) is 1.55. The van der Waals surface area contributed by atoms with Gasteiger partial charge >= 0.3 is 0 Å². The molecule has 1 N–H and O–H groups in total. The fraction of sp³-hybridized carbons (Fsp3) is 0.200. The monoisotopic (exact) mass is 272 g/mol. The van der Waals surface area contributed by atoms with Crippen LogP contribution in [0.1, 0.15) is 15.9 Å². The minimum Gasteiger partial charge on any atom is -0.481 e. The first-order valence-corrected chi connectivity index (χ1v) is 6.12. The lowest BCUT2D eigenvalue weighted by Gasteiger charge is -2.07. The van der Waals surface area contributed by atoms with Crippen molar-refractivity contribution in [3.05, 3.63) is 53.7 Å². The van der Waals surface area contributed by atoms with E-state index in [-0.39, 0.29) is 5.91 Å². The van der Waals surface area contributed by atoms with Crippen molar-refractivity contribution in [3.63, 3.8) is 0 Å². The van der Waals surface area contributed by atoms with Crippen LogP contribution in [0.15, 0.2) is 42.6 Å². The maximum atomic E-state index is 12.1. The third-order valence-corrected chi connectivity index (χ3v) is 2.70. The van der Waals surface area contributed by atoms with Gasteiger partial charge in [-0.15, -0.1) is 0 Å². The Balaban J connectivity index is 2.08. The Morgan fingerprint density at radius 2 is 2.10 bits per heavy atom. The van der Waals surface area contributed by atoms with Gasteiger partial charge in [0.1, 0.15) is 0 Å². The molecule has 1 aromatic carbocycles. The molecule has 2 aromatic rings. The van der Waals surface area contributed by atoms with Crippen molar-refractivity contribution >= 4 is 11.6 Å². The van der Waals surface area contributed by atoms with E-state index in [4.69, 9.17) is 9.47 Å². The summed E-state index contributed by atoms with van der Waals surface area (Å²) in [6.45, 7) is 0.477. The Morgan fingerprint density at radius 3 is 2.75 bits per heavy atom. The predicted molar refractivity (Wildman–Crippen MR) is 75.9 cm³/mol. The first-order valence-electron chi connectivity index (χ1n) is 6.12. The van der Waals surface area contributed by atoms with Crippen LogP contribution in [-0.2, 0) is 11.3 Å². The standard InChI is InChI=1S/C15H16N2O3/c1-19-10-11-4-3-5-12(8-11)15(18)17-13-6-7-14(20-2)16-9-13/h3-9H,10H2,1-2H3,(H,17,18). The smallest absolute Gasteiger partial charge is 0.255 e. The van der Waals surface area contributed by atoms with Crippen LogP contribution in [0.5, 0.6) is 5.88 Å². The molecule has 1 heterocycles. The van der Waals surface area contributed by atoms with Crippen molar-refractivity contribution in [2.24, 2.45) is 0 Å². The lowest BCUT2D eigenvalue weighted by Crippen LogP contribution is -2.12. The SMILES string of the molecule is COCc1cccc(C(=O)Nc2ccc(OC)nc2)c1. The molecule has 0 atom stereocenters. The van der Waals surface area contributed by atoms with Gasteiger partial charge in [-0.2, -0.15) is 0 Å². The molecule has 0 spiro atoms. The van der Waals surface area contributed by atoms with Gasteiger partial charge < -0.3 is 14.8 Å². The molecule has 104 valence electrons. The minimum atomic E-state index is -0.185. The summed E-state index contributed by atoms with van der Waals surface area (Å²) < 4.78 is 10.0. The maximum absolute atomic E-state index is 12.1. The van der Waals surface area contributed by atoms with Crippen LogP contribution in [0.3, 0.4) is 0 Å². The number of nitrogens with zero attached hydrogens (tertiary/aromatic N) is 1. The molecule has 0 saturated heterocycles. The third kappa shape index (κ3) is 3.55. The van der Waals surface area contributed by atoms with Gasteiger partial charge in [-0.05, 0) is 23.8 Å². The number of benzene rings is 1. The molecular formula is C15H16N2O3. The number of pyridine rings is 1. The first-order chi connectivity index (χ1) is 9.72. The minimum absolute atomic E-state index is 0.185. The van der Waals surface area contributed by atoms with Crippen molar-refractivity contribution in [3.8, 4) is 5.88 Å². The van der Waals surface area contributed by atoms with Crippen molar-refractivity contribution < 1.29 is 14.3 Å². The zero-order valence-corrected chi connectivity index (χ0v) is 11.4. The largest absolute Gasteiger partial charge is 0.481 e. The Hall–Kier alpha value is -2.40. The molecule has 0 bridgehead atoms. The van der Waals surface area contributed by atoms with E-state index in [1.165, 1.54) is 0 Å². The second kappa shape index (κ2) is 6.68. The molecule has 2 rings (SSSR count). The van der Waals surface area contributed by atoms with E-state index in [0.29, 0.717) is 23.7 Å². The third-order valence-electron chi connectivity index (χ3n) is 2.70. The molecule has 1 amide bonds. The highest BCUT2D eigenvalue weighted by Crippen LogP contribution is 2.13. The number of rotatable bonds is 5. The van der Waals surface area contributed by atoms with Crippen LogP contribution < -0.4 is 10.1 Å². The highest BCUT2D eigenvalue weighted by atomic mass is 16.5. The number of carbonyl (C=O) groups excluding carboxylic acids is 1. The van der Waals surface area contributed by atoms with Crippen LogP contribution in [0.2, 0.25) is 0 Å².